The normalized spacial score (nSPS) is 9.58. The van der Waals surface area contributed by atoms with Crippen LogP contribution in [0.2, 0.25) is 0 Å². The minimum Gasteiger partial charge on any atom is -0.237 e. The van der Waals surface area contributed by atoms with Gasteiger partial charge < -0.3 is 0 Å². The number of imidazole rings is 1. The highest BCUT2D eigenvalue weighted by molar-refractivity contribution is 4.78. The molecule has 3 heteroatoms. The quantitative estimate of drug-likeness (QED) is 0.443. The Labute approximate surface area is 91.6 Å². The van der Waals surface area contributed by atoms with Crippen molar-refractivity contribution < 1.29 is 28.5 Å². The van der Waals surface area contributed by atoms with Crippen LogP contribution in [0.1, 0.15) is 25.6 Å². The maximum atomic E-state index is 2.30. The van der Waals surface area contributed by atoms with Crippen LogP contribution < -0.4 is 28.5 Å². The second-order valence-electron chi connectivity index (χ2n) is 3.00. The van der Waals surface area contributed by atoms with Gasteiger partial charge in [-0.05, 0) is 6.42 Å². The van der Waals surface area contributed by atoms with Crippen LogP contribution >= 0.6 is 0 Å². The Morgan fingerprint density at radius 3 is 2.58 bits per heavy atom. The Bertz CT molecular complexity index is 230. The van der Waals surface area contributed by atoms with Crippen molar-refractivity contribution in [3.8, 4) is 0 Å². The summed E-state index contributed by atoms with van der Waals surface area (Å²) in [5, 5.41) is 0. The van der Waals surface area contributed by atoms with Gasteiger partial charge in [-0.25, -0.2) is 9.13 Å². The Morgan fingerprint density at radius 1 is 1.50 bits per heavy atom. The summed E-state index contributed by atoms with van der Waals surface area (Å²) < 4.78 is 4.44. The van der Waals surface area contributed by atoms with Crippen LogP contribution in [-0.4, -0.2) is 4.57 Å². The number of unbranched alkanes of at least 4 members (excludes halogenated alkanes) is 1. The molecule has 1 aromatic rings. The van der Waals surface area contributed by atoms with Crippen LogP contribution in [0.4, 0.5) is 0 Å². The highest BCUT2D eigenvalue weighted by atomic mass is 127. The first kappa shape index (κ1) is 11.9. The Morgan fingerprint density at radius 2 is 2.17 bits per heavy atom. The van der Waals surface area contributed by atoms with E-state index in [1.54, 1.807) is 0 Å². The molecule has 0 aliphatic rings. The summed E-state index contributed by atoms with van der Waals surface area (Å²) in [5.41, 5.74) is 0. The molecule has 0 atom stereocenters. The first-order valence-corrected chi connectivity index (χ1v) is 4.27. The van der Waals surface area contributed by atoms with E-state index < -0.39 is 0 Å². The van der Waals surface area contributed by atoms with Crippen molar-refractivity contribution >= 4 is 0 Å². The van der Waals surface area contributed by atoms with Gasteiger partial charge in [0.05, 0.1) is 13.6 Å². The zero-order chi connectivity index (χ0) is 8.27. The van der Waals surface area contributed by atoms with Crippen molar-refractivity contribution in [2.45, 2.75) is 33.2 Å². The fourth-order valence-electron chi connectivity index (χ4n) is 1.16. The van der Waals surface area contributed by atoms with E-state index in [1.807, 2.05) is 0 Å². The smallest absolute Gasteiger partial charge is 0.237 e. The molecule has 0 aliphatic carbocycles. The van der Waals surface area contributed by atoms with E-state index >= 15 is 0 Å². The molecule has 1 rings (SSSR count). The molecule has 2 nitrogen and oxygen atoms in total. The van der Waals surface area contributed by atoms with Gasteiger partial charge in [0.2, 0.25) is 24.0 Å². The lowest BCUT2D eigenvalue weighted by atomic mass is 10.3. The predicted octanol–water partition coefficient (Wildman–Crippen LogP) is -2.11. The highest BCUT2D eigenvalue weighted by Crippen LogP contribution is 1.96. The van der Waals surface area contributed by atoms with Gasteiger partial charge in [0.25, 0.3) is 5.82 Å². The number of hydrogen-bond donors (Lipinski definition) is 0. The van der Waals surface area contributed by atoms with E-state index in [-0.39, 0.29) is 24.0 Å². The Kier molecular flexibility index (Phi) is 5.53. The van der Waals surface area contributed by atoms with E-state index in [0.29, 0.717) is 0 Å². The lowest BCUT2D eigenvalue weighted by Crippen LogP contribution is -3.00. The molecule has 0 N–H and O–H groups in total. The number of aromatic nitrogens is 2. The Balaban J connectivity index is 0.00000121. The third-order valence-electron chi connectivity index (χ3n) is 2.15. The van der Waals surface area contributed by atoms with E-state index in [2.05, 4.69) is 42.4 Å². The SMILES string of the molecule is CCCCn1cc[n+](C)c1C.[IH2+]. The topological polar surface area (TPSA) is 8.81 Å². The van der Waals surface area contributed by atoms with Crippen LogP contribution in [0.25, 0.3) is 0 Å². The maximum Gasteiger partial charge on any atom is 0.253 e. The van der Waals surface area contributed by atoms with Gasteiger partial charge >= 0.3 is 0 Å². The second-order valence-corrected chi connectivity index (χ2v) is 3.00. The molecule has 0 unspecified atom stereocenters. The average molecular weight is 282 g/mol. The van der Waals surface area contributed by atoms with Gasteiger partial charge in [-0.1, -0.05) is 13.3 Å². The third kappa shape index (κ3) is 2.77. The number of hydrogen-bond acceptors (Lipinski definition) is 0. The zero-order valence-corrected chi connectivity index (χ0v) is 10.7. The summed E-state index contributed by atoms with van der Waals surface area (Å²) in [6.07, 6.45) is 6.78. The van der Waals surface area contributed by atoms with Crippen molar-refractivity contribution in [1.29, 1.82) is 0 Å². The van der Waals surface area contributed by atoms with Gasteiger partial charge in [0, 0.05) is 6.92 Å². The third-order valence-corrected chi connectivity index (χ3v) is 2.15. The van der Waals surface area contributed by atoms with Crippen molar-refractivity contribution in [3.05, 3.63) is 18.2 Å². The zero-order valence-electron chi connectivity index (χ0n) is 8.12. The van der Waals surface area contributed by atoms with E-state index in [0.717, 1.165) is 6.54 Å². The molecule has 1 heterocycles. The molecule has 0 bridgehead atoms. The van der Waals surface area contributed by atoms with Crippen LogP contribution in [0.15, 0.2) is 12.4 Å². The van der Waals surface area contributed by atoms with Gasteiger partial charge in [-0.15, -0.1) is 0 Å². The fourth-order valence-corrected chi connectivity index (χ4v) is 1.16. The van der Waals surface area contributed by atoms with Crippen LogP contribution in [0.5, 0.6) is 0 Å². The lowest BCUT2D eigenvalue weighted by Gasteiger charge is -1.95. The number of halogens is 1. The molecule has 0 fully saturated rings. The van der Waals surface area contributed by atoms with Crippen molar-refractivity contribution in [2.24, 2.45) is 7.05 Å². The maximum absolute atomic E-state index is 2.30. The average Bonchev–Trinajstić information content (AvgIpc) is 2.31. The van der Waals surface area contributed by atoms with Crippen molar-refractivity contribution in [1.82, 2.24) is 4.57 Å². The standard InChI is InChI=1S/C9H17N2.H2I/c1-4-5-6-11-8-7-10(3)9(11)2;/h7-8H,4-6H2,1-3H3;1H2/q2*+1. The number of rotatable bonds is 3. The summed E-state index contributed by atoms with van der Waals surface area (Å²) in [7, 11) is 2.08. The van der Waals surface area contributed by atoms with Gasteiger partial charge in [-0.2, -0.15) is 0 Å². The van der Waals surface area contributed by atoms with Gasteiger partial charge in [0.15, 0.2) is 0 Å². The van der Waals surface area contributed by atoms with Gasteiger partial charge in [0.1, 0.15) is 12.4 Å². The summed E-state index contributed by atoms with van der Waals surface area (Å²) in [4.78, 5) is 0. The molecule has 1 aromatic heterocycles. The predicted molar refractivity (Wildman–Crippen MR) is 48.0 cm³/mol. The molecule has 0 aromatic carbocycles. The van der Waals surface area contributed by atoms with Gasteiger partial charge in [-0.3, -0.25) is 0 Å². The molecule has 0 aliphatic heterocycles. The highest BCUT2D eigenvalue weighted by Gasteiger charge is 2.06. The first-order chi connectivity index (χ1) is 5.25. The van der Waals surface area contributed by atoms with E-state index in [4.69, 9.17) is 0 Å². The summed E-state index contributed by atoms with van der Waals surface area (Å²) >= 11 is 0. The molecule has 70 valence electrons. The largest absolute Gasteiger partial charge is 0.253 e. The Hall–Kier alpha value is -0.0600. The van der Waals surface area contributed by atoms with Crippen molar-refractivity contribution in [3.63, 3.8) is 0 Å². The van der Waals surface area contributed by atoms with E-state index in [1.165, 1.54) is 18.7 Å². The lowest BCUT2D eigenvalue weighted by molar-refractivity contribution is -0.677. The number of aryl methyl sites for hydroxylation is 2. The number of nitrogens with zero attached hydrogens (tertiary/aromatic N) is 2. The molecule has 0 spiro atoms. The minimum absolute atomic E-state index is 0. The van der Waals surface area contributed by atoms with Crippen LogP contribution in [0, 0.1) is 6.92 Å². The van der Waals surface area contributed by atoms with Crippen molar-refractivity contribution in [2.75, 3.05) is 0 Å². The molecule has 0 radical (unpaired) electrons. The second kappa shape index (κ2) is 5.56. The minimum atomic E-state index is 0. The molecular weight excluding hydrogens is 263 g/mol. The molecular formula is C9H19IN2+2. The summed E-state index contributed by atoms with van der Waals surface area (Å²) in [6, 6.07) is 0. The van der Waals surface area contributed by atoms with E-state index in [9.17, 15) is 0 Å². The monoisotopic (exact) mass is 282 g/mol. The summed E-state index contributed by atoms with van der Waals surface area (Å²) in [6.45, 7) is 5.53. The van der Waals surface area contributed by atoms with Crippen LogP contribution in [-0.2, 0) is 13.6 Å². The summed E-state index contributed by atoms with van der Waals surface area (Å²) in [5.74, 6) is 1.33. The molecule has 0 saturated heterocycles. The molecule has 12 heavy (non-hydrogen) atoms. The molecule has 0 amide bonds. The van der Waals surface area contributed by atoms with Crippen LogP contribution in [0.3, 0.4) is 0 Å². The fraction of sp³-hybridized carbons (Fsp3) is 0.667. The first-order valence-electron chi connectivity index (χ1n) is 4.27. The molecule has 0 saturated carbocycles.